The zero-order valence-corrected chi connectivity index (χ0v) is 15.7. The minimum Gasteiger partial charge on any atom is -0.147 e. The summed E-state index contributed by atoms with van der Waals surface area (Å²) >= 11 is 12.9. The molecule has 0 bridgehead atoms. The summed E-state index contributed by atoms with van der Waals surface area (Å²) in [4.78, 5) is 1.65. The highest BCUT2D eigenvalue weighted by Crippen LogP contribution is 2.41. The van der Waals surface area contributed by atoms with Crippen molar-refractivity contribution in [3.05, 3.63) is 54.1 Å². The molecule has 18 heavy (non-hydrogen) atoms. The highest BCUT2D eigenvalue weighted by atomic mass is 79.9. The molecule has 0 N–H and O–H groups in total. The van der Waals surface area contributed by atoms with Crippen LogP contribution in [0.4, 0.5) is 0 Å². The van der Waals surface area contributed by atoms with E-state index in [2.05, 4.69) is 85.2 Å². The maximum atomic E-state index is 3.83. The molecular weight excluding hydrogens is 440 g/mol. The molecular formula is C14H13Br3S. The van der Waals surface area contributed by atoms with Gasteiger partial charge in [-0.15, -0.1) is 11.3 Å². The highest BCUT2D eigenvalue weighted by molar-refractivity contribution is 9.11. The molecule has 0 amide bonds. The third-order valence-corrected chi connectivity index (χ3v) is 6.76. The van der Waals surface area contributed by atoms with Gasteiger partial charge in [-0.1, -0.05) is 54.7 Å². The van der Waals surface area contributed by atoms with E-state index in [1.807, 2.05) is 11.3 Å². The number of halogens is 3. The molecule has 1 atom stereocenters. The Hall–Kier alpha value is 0.360. The van der Waals surface area contributed by atoms with Crippen LogP contribution in [-0.2, 0) is 6.42 Å². The summed E-state index contributed by atoms with van der Waals surface area (Å²) in [5, 5.41) is 2.17. The largest absolute Gasteiger partial charge is 0.147 e. The third kappa shape index (κ3) is 2.92. The molecule has 0 radical (unpaired) electrons. The molecule has 1 unspecified atom stereocenters. The van der Waals surface area contributed by atoms with E-state index in [-0.39, 0.29) is 4.83 Å². The topological polar surface area (TPSA) is 0 Å². The smallest absolute Gasteiger partial charge is 0.0752 e. The van der Waals surface area contributed by atoms with Gasteiger partial charge in [-0.3, -0.25) is 0 Å². The number of rotatable bonds is 3. The van der Waals surface area contributed by atoms with Crippen molar-refractivity contribution in [3.63, 3.8) is 0 Å². The molecule has 1 aromatic carbocycles. The number of thiophene rings is 1. The van der Waals surface area contributed by atoms with E-state index in [1.54, 1.807) is 0 Å². The SMILES string of the molecule is CCc1ccsc1C(Br)c1cc(Br)c(C)cc1Br. The number of hydrogen-bond acceptors (Lipinski definition) is 1. The minimum atomic E-state index is 0.249. The molecule has 0 saturated carbocycles. The number of benzene rings is 1. The van der Waals surface area contributed by atoms with Gasteiger partial charge in [0.25, 0.3) is 0 Å². The van der Waals surface area contributed by atoms with Crippen molar-refractivity contribution in [3.8, 4) is 0 Å². The monoisotopic (exact) mass is 450 g/mol. The Morgan fingerprint density at radius 1 is 1.22 bits per heavy atom. The predicted molar refractivity (Wildman–Crippen MR) is 91.0 cm³/mol. The Labute approximate surface area is 137 Å². The molecule has 0 aliphatic carbocycles. The van der Waals surface area contributed by atoms with Gasteiger partial charge in [-0.2, -0.15) is 0 Å². The lowest BCUT2D eigenvalue weighted by Crippen LogP contribution is -1.96. The van der Waals surface area contributed by atoms with Crippen molar-refractivity contribution in [2.24, 2.45) is 0 Å². The standard InChI is InChI=1S/C14H13Br3S/c1-3-9-4-5-18-14(9)13(17)10-7-11(15)8(2)6-12(10)16/h4-7,13H,3H2,1-2H3. The van der Waals surface area contributed by atoms with Crippen LogP contribution in [0.2, 0.25) is 0 Å². The Morgan fingerprint density at radius 2 is 1.94 bits per heavy atom. The van der Waals surface area contributed by atoms with Gasteiger partial charge in [0.15, 0.2) is 0 Å². The second-order valence-electron chi connectivity index (χ2n) is 4.15. The first-order chi connectivity index (χ1) is 8.54. The fourth-order valence-corrected chi connectivity index (χ4v) is 5.20. The average molecular weight is 453 g/mol. The van der Waals surface area contributed by atoms with E-state index in [0.29, 0.717) is 0 Å². The summed E-state index contributed by atoms with van der Waals surface area (Å²) in [5.74, 6) is 0. The summed E-state index contributed by atoms with van der Waals surface area (Å²) in [6.07, 6.45) is 1.07. The van der Waals surface area contributed by atoms with Crippen molar-refractivity contribution in [2.75, 3.05) is 0 Å². The molecule has 0 aliphatic heterocycles. The first kappa shape index (κ1) is 14.8. The lowest BCUT2D eigenvalue weighted by molar-refractivity contribution is 1.08. The van der Waals surface area contributed by atoms with Crippen LogP contribution in [0.3, 0.4) is 0 Å². The third-order valence-electron chi connectivity index (χ3n) is 2.94. The average Bonchev–Trinajstić information content (AvgIpc) is 2.81. The molecule has 0 saturated heterocycles. The molecule has 0 spiro atoms. The first-order valence-corrected chi connectivity index (χ1v) is 9.08. The van der Waals surface area contributed by atoms with Crippen molar-refractivity contribution in [2.45, 2.75) is 25.1 Å². The minimum absolute atomic E-state index is 0.249. The van der Waals surface area contributed by atoms with Crippen molar-refractivity contribution in [1.29, 1.82) is 0 Å². The molecule has 1 heterocycles. The summed E-state index contributed by atoms with van der Waals surface area (Å²) in [5.41, 5.74) is 3.93. The maximum absolute atomic E-state index is 3.83. The molecule has 0 nitrogen and oxygen atoms in total. The molecule has 0 fully saturated rings. The van der Waals surface area contributed by atoms with Gasteiger partial charge in [0.05, 0.1) is 4.83 Å². The quantitative estimate of drug-likeness (QED) is 0.458. The van der Waals surface area contributed by atoms with Crippen molar-refractivity contribution < 1.29 is 0 Å². The summed E-state index contributed by atoms with van der Waals surface area (Å²) < 4.78 is 2.31. The van der Waals surface area contributed by atoms with E-state index < -0.39 is 0 Å². The van der Waals surface area contributed by atoms with E-state index in [4.69, 9.17) is 0 Å². The second kappa shape index (κ2) is 6.21. The van der Waals surface area contributed by atoms with E-state index in [9.17, 15) is 0 Å². The van der Waals surface area contributed by atoms with Crippen LogP contribution in [-0.4, -0.2) is 0 Å². The van der Waals surface area contributed by atoms with Gasteiger partial charge in [0, 0.05) is 13.8 Å². The Kier molecular flexibility index (Phi) is 5.09. The molecule has 2 rings (SSSR count). The molecule has 0 aliphatic rings. The fourth-order valence-electron chi connectivity index (χ4n) is 1.86. The highest BCUT2D eigenvalue weighted by Gasteiger charge is 2.18. The van der Waals surface area contributed by atoms with Crippen molar-refractivity contribution in [1.82, 2.24) is 0 Å². The molecule has 2 aromatic rings. The van der Waals surface area contributed by atoms with Gasteiger partial charge in [0.1, 0.15) is 0 Å². The van der Waals surface area contributed by atoms with Crippen LogP contribution in [0.15, 0.2) is 32.5 Å². The lowest BCUT2D eigenvalue weighted by atomic mass is 10.1. The van der Waals surface area contributed by atoms with Gasteiger partial charge in [-0.05, 0) is 53.6 Å². The molecule has 4 heteroatoms. The van der Waals surface area contributed by atoms with Crippen molar-refractivity contribution >= 4 is 59.1 Å². The van der Waals surface area contributed by atoms with Crippen LogP contribution in [0.25, 0.3) is 0 Å². The second-order valence-corrected chi connectivity index (χ2v) is 7.72. The van der Waals surface area contributed by atoms with Crippen LogP contribution in [0.5, 0.6) is 0 Å². The zero-order chi connectivity index (χ0) is 13.3. The van der Waals surface area contributed by atoms with Crippen LogP contribution in [0.1, 0.15) is 33.3 Å². The zero-order valence-electron chi connectivity index (χ0n) is 10.1. The fraction of sp³-hybridized carbons (Fsp3) is 0.286. The van der Waals surface area contributed by atoms with E-state index in [0.717, 1.165) is 15.4 Å². The Bertz CT molecular complexity index is 560. The molecule has 1 aromatic heterocycles. The number of alkyl halides is 1. The van der Waals surface area contributed by atoms with Gasteiger partial charge < -0.3 is 0 Å². The normalized spacial score (nSPS) is 12.7. The van der Waals surface area contributed by atoms with Crippen LogP contribution in [0, 0.1) is 6.92 Å². The maximum Gasteiger partial charge on any atom is 0.0752 e. The van der Waals surface area contributed by atoms with E-state index >= 15 is 0 Å². The number of aryl methyl sites for hydroxylation is 2. The Balaban J connectivity index is 2.46. The summed E-state index contributed by atoms with van der Waals surface area (Å²) in [6, 6.07) is 6.57. The number of hydrogen-bond donors (Lipinski definition) is 0. The first-order valence-electron chi connectivity index (χ1n) is 5.70. The molecule has 96 valence electrons. The summed E-state index contributed by atoms with van der Waals surface area (Å²) in [6.45, 7) is 4.30. The summed E-state index contributed by atoms with van der Waals surface area (Å²) in [7, 11) is 0. The van der Waals surface area contributed by atoms with Crippen LogP contribution < -0.4 is 0 Å². The van der Waals surface area contributed by atoms with Crippen LogP contribution >= 0.6 is 59.1 Å². The van der Waals surface area contributed by atoms with Gasteiger partial charge in [-0.25, -0.2) is 0 Å². The van der Waals surface area contributed by atoms with Gasteiger partial charge >= 0.3 is 0 Å². The Morgan fingerprint density at radius 3 is 2.61 bits per heavy atom. The van der Waals surface area contributed by atoms with E-state index in [1.165, 1.54) is 21.6 Å². The lowest BCUT2D eigenvalue weighted by Gasteiger charge is -2.14. The van der Waals surface area contributed by atoms with Gasteiger partial charge in [0.2, 0.25) is 0 Å². The predicted octanol–water partition coefficient (Wildman–Crippen LogP) is 6.63.